The second-order valence-corrected chi connectivity index (χ2v) is 9.04. The number of hydrogen-bond donors (Lipinski definition) is 2. The van der Waals surface area contributed by atoms with Crippen LogP contribution in [0, 0.1) is 11.8 Å². The van der Waals surface area contributed by atoms with E-state index in [1.807, 2.05) is 12.1 Å². The van der Waals surface area contributed by atoms with Gasteiger partial charge in [-0.2, -0.15) is 11.6 Å². The molecule has 0 aromatic carbocycles. The molecule has 4 aliphatic rings. The third kappa shape index (κ3) is 4.60. The standard InChI is InChI=1S/2C11H12BO2.2Na/c2*13-11(14)8-2-1-5-12-9(8)4-3-7-6-10(7)12;;/h2*1-2,5,7,10H,3-4,6H2,(H,13,14);;/q2*-1;2*+1. The fraction of sp³-hybridized carbons (Fsp3) is 0.455. The van der Waals surface area contributed by atoms with Crippen molar-refractivity contribution in [3.8, 4) is 0 Å². The van der Waals surface area contributed by atoms with Crippen molar-refractivity contribution in [2.45, 2.75) is 50.2 Å². The second kappa shape index (κ2) is 9.72. The molecule has 0 radical (unpaired) electrons. The first-order chi connectivity index (χ1) is 13.5. The summed E-state index contributed by atoms with van der Waals surface area (Å²) in [5.74, 6) is 6.16. The van der Waals surface area contributed by atoms with Gasteiger partial charge in [-0.05, 0) is 0 Å². The minimum Gasteiger partial charge on any atom is -0.478 e. The quantitative estimate of drug-likeness (QED) is 0.544. The fourth-order valence-corrected chi connectivity index (χ4v) is 5.94. The summed E-state index contributed by atoms with van der Waals surface area (Å²) >= 11 is 0. The van der Waals surface area contributed by atoms with Crippen LogP contribution in [0.1, 0.15) is 69.0 Å². The summed E-state index contributed by atoms with van der Waals surface area (Å²) in [5.41, 5.74) is 3.48. The zero-order valence-electron chi connectivity index (χ0n) is 17.9. The molecule has 2 saturated carbocycles. The predicted octanol–water partition coefficient (Wildman–Crippen LogP) is -2.16. The van der Waals surface area contributed by atoms with Crippen molar-refractivity contribution in [2.24, 2.45) is 11.8 Å². The molecule has 2 fully saturated rings. The number of carbonyl (C=O) groups is 2. The molecule has 4 atom stereocenters. The normalized spacial score (nSPS) is 25.9. The summed E-state index contributed by atoms with van der Waals surface area (Å²) in [6, 6.07) is 7.32. The topological polar surface area (TPSA) is 74.6 Å². The predicted molar refractivity (Wildman–Crippen MR) is 110 cm³/mol. The number of hydrogen-bond acceptors (Lipinski definition) is 2. The van der Waals surface area contributed by atoms with E-state index in [9.17, 15) is 9.59 Å². The largest absolute Gasteiger partial charge is 1.00 e. The Morgan fingerprint density at radius 3 is 1.53 bits per heavy atom. The van der Waals surface area contributed by atoms with Crippen molar-refractivity contribution >= 4 is 24.6 Å². The maximum atomic E-state index is 11.0. The third-order valence-corrected chi connectivity index (χ3v) is 7.57. The molecule has 2 N–H and O–H groups in total. The van der Waals surface area contributed by atoms with Crippen LogP contribution in [0.15, 0.2) is 36.2 Å². The Hall–Kier alpha value is -0.230. The van der Waals surface area contributed by atoms with Gasteiger partial charge in [-0.3, -0.25) is 11.9 Å². The van der Waals surface area contributed by atoms with E-state index in [4.69, 9.17) is 10.2 Å². The number of fused-ring (bicyclic) bond motifs is 6. The van der Waals surface area contributed by atoms with Crippen LogP contribution in [0.4, 0.5) is 0 Å². The Bertz CT molecular complexity index is 918. The van der Waals surface area contributed by atoms with Gasteiger partial charge in [-0.15, -0.1) is 24.8 Å². The van der Waals surface area contributed by atoms with Gasteiger partial charge >= 0.3 is 71.1 Å². The molecule has 2 aliphatic heterocycles. The summed E-state index contributed by atoms with van der Waals surface area (Å²) in [7, 11) is 0. The molecule has 0 amide bonds. The molecule has 0 saturated heterocycles. The Morgan fingerprint density at radius 2 is 1.17 bits per heavy atom. The summed E-state index contributed by atoms with van der Waals surface area (Å²) in [6.07, 6.45) is 7.92. The Balaban J connectivity index is 0.000000160. The summed E-state index contributed by atoms with van der Waals surface area (Å²) < 4.78 is 0. The SMILES string of the molecule is O=C(O)c1ccc[b-]2c1CCC1CC21.O=C(O)c1ccc[b-]2c1CCC1CC21.[Na+].[Na+]. The second-order valence-electron chi connectivity index (χ2n) is 9.04. The monoisotopic (exact) mass is 420 g/mol. The van der Waals surface area contributed by atoms with Crippen molar-refractivity contribution in [3.63, 3.8) is 0 Å². The number of rotatable bonds is 2. The molecule has 4 unspecified atom stereocenters. The van der Waals surface area contributed by atoms with Crippen molar-refractivity contribution in [1.82, 2.24) is 0 Å². The minimum atomic E-state index is -0.756. The van der Waals surface area contributed by atoms with Crippen LogP contribution in [0.2, 0.25) is 0 Å². The smallest absolute Gasteiger partial charge is 0.478 e. The summed E-state index contributed by atoms with van der Waals surface area (Å²) in [5, 5.41) is 18.1. The van der Waals surface area contributed by atoms with Crippen LogP contribution in [0.25, 0.3) is 0 Å². The zero-order chi connectivity index (χ0) is 19.4. The van der Waals surface area contributed by atoms with E-state index in [0.717, 1.165) is 36.3 Å². The van der Waals surface area contributed by atoms with Gasteiger partial charge in [0.1, 0.15) is 0 Å². The van der Waals surface area contributed by atoms with Gasteiger partial charge in [0.15, 0.2) is 0 Å². The molecule has 0 bridgehead atoms. The average molecular weight is 420 g/mol. The van der Waals surface area contributed by atoms with Crippen molar-refractivity contribution in [2.75, 3.05) is 0 Å². The molecule has 8 heteroatoms. The maximum Gasteiger partial charge on any atom is 1.00 e. The van der Waals surface area contributed by atoms with Crippen LogP contribution >= 0.6 is 0 Å². The van der Waals surface area contributed by atoms with Crippen LogP contribution < -0.4 is 59.1 Å². The molecule has 144 valence electrons. The van der Waals surface area contributed by atoms with E-state index >= 15 is 0 Å². The van der Waals surface area contributed by atoms with E-state index in [-0.39, 0.29) is 59.1 Å². The molecule has 0 spiro atoms. The number of carboxylic acid groups (broad SMARTS) is 2. The van der Waals surface area contributed by atoms with Crippen LogP contribution in [0.3, 0.4) is 0 Å². The van der Waals surface area contributed by atoms with Gasteiger partial charge in [0, 0.05) is 11.1 Å². The molecule has 4 heterocycles. The Labute approximate surface area is 221 Å². The molecule has 2 aliphatic carbocycles. The summed E-state index contributed by atoms with van der Waals surface area (Å²) in [6.45, 7) is 0. The molecule has 30 heavy (non-hydrogen) atoms. The van der Waals surface area contributed by atoms with Gasteiger partial charge < -0.3 is 10.2 Å². The van der Waals surface area contributed by atoms with E-state index in [1.54, 1.807) is 12.1 Å². The van der Waals surface area contributed by atoms with Crippen molar-refractivity contribution in [3.05, 3.63) is 58.2 Å². The van der Waals surface area contributed by atoms with Crippen LogP contribution in [0.5, 0.6) is 0 Å². The van der Waals surface area contributed by atoms with Crippen LogP contribution in [-0.2, 0) is 12.8 Å². The van der Waals surface area contributed by atoms with Gasteiger partial charge in [0.25, 0.3) is 0 Å². The maximum absolute atomic E-state index is 11.0. The first-order valence-electron chi connectivity index (χ1n) is 10.5. The van der Waals surface area contributed by atoms with Crippen LogP contribution in [-0.4, -0.2) is 34.8 Å². The number of aromatic carboxylic acids is 2. The molecule has 2 aromatic rings. The van der Waals surface area contributed by atoms with E-state index in [2.05, 4.69) is 11.9 Å². The Kier molecular flexibility index (Phi) is 7.91. The Morgan fingerprint density at radius 1 is 0.767 bits per heavy atom. The zero-order valence-corrected chi connectivity index (χ0v) is 21.9. The first kappa shape index (κ1) is 24.4. The number of carboxylic acids is 2. The van der Waals surface area contributed by atoms with Crippen molar-refractivity contribution in [1.29, 1.82) is 0 Å². The van der Waals surface area contributed by atoms with E-state index < -0.39 is 11.9 Å². The first-order valence-corrected chi connectivity index (χ1v) is 10.5. The summed E-state index contributed by atoms with van der Waals surface area (Å²) in [4.78, 5) is 22.0. The van der Waals surface area contributed by atoms with E-state index in [1.165, 1.54) is 36.6 Å². The molecule has 4 nitrogen and oxygen atoms in total. The third-order valence-electron chi connectivity index (χ3n) is 7.57. The fourth-order valence-electron chi connectivity index (χ4n) is 5.94. The van der Waals surface area contributed by atoms with Gasteiger partial charge in [-0.25, -0.2) is 20.5 Å². The molecular weight excluding hydrogens is 396 g/mol. The molecule has 2 aromatic heterocycles. The minimum absolute atomic E-state index is 0. The van der Waals surface area contributed by atoms with Gasteiger partial charge in [-0.1, -0.05) is 62.5 Å². The van der Waals surface area contributed by atoms with Gasteiger partial charge in [0.2, 0.25) is 0 Å². The molecule has 6 rings (SSSR count). The van der Waals surface area contributed by atoms with E-state index in [0.29, 0.717) is 23.8 Å². The molecular formula is C22H24B2Na2O4. The van der Waals surface area contributed by atoms with Crippen molar-refractivity contribution < 1.29 is 78.9 Å². The van der Waals surface area contributed by atoms with Gasteiger partial charge in [0.05, 0.1) is 0 Å². The average Bonchev–Trinajstić information content (AvgIpc) is 3.60.